The third-order valence-electron chi connectivity index (χ3n) is 3.46. The standard InChI is InChI=1S/C14H15F2NO3/c15-14(16)6-4-9(5-7-14)12(18)17-11-3-1-2-10(8-11)13(19)20/h1-3,8-9H,4-7H2,(H,17,18)(H,19,20). The highest BCUT2D eigenvalue weighted by Gasteiger charge is 2.37. The highest BCUT2D eigenvalue weighted by Crippen LogP contribution is 2.36. The van der Waals surface area contributed by atoms with Crippen LogP contribution in [0.4, 0.5) is 14.5 Å². The van der Waals surface area contributed by atoms with Crippen molar-refractivity contribution in [2.45, 2.75) is 31.6 Å². The number of benzene rings is 1. The topological polar surface area (TPSA) is 66.4 Å². The van der Waals surface area contributed by atoms with Crippen LogP contribution in [0.25, 0.3) is 0 Å². The van der Waals surface area contributed by atoms with Gasteiger partial charge in [0.2, 0.25) is 11.8 Å². The van der Waals surface area contributed by atoms with E-state index in [-0.39, 0.29) is 37.2 Å². The molecule has 1 aromatic rings. The fourth-order valence-electron chi connectivity index (χ4n) is 2.28. The molecule has 0 saturated heterocycles. The molecule has 0 spiro atoms. The summed E-state index contributed by atoms with van der Waals surface area (Å²) < 4.78 is 26.0. The molecule has 20 heavy (non-hydrogen) atoms. The van der Waals surface area contributed by atoms with Crippen LogP contribution < -0.4 is 5.32 Å². The van der Waals surface area contributed by atoms with Crippen molar-refractivity contribution >= 4 is 17.6 Å². The van der Waals surface area contributed by atoms with E-state index < -0.39 is 17.8 Å². The molecule has 2 N–H and O–H groups in total. The maximum absolute atomic E-state index is 13.0. The molecule has 1 aromatic carbocycles. The number of carbonyl (C=O) groups is 2. The smallest absolute Gasteiger partial charge is 0.335 e. The minimum absolute atomic E-state index is 0.0676. The van der Waals surface area contributed by atoms with Crippen molar-refractivity contribution in [3.8, 4) is 0 Å². The number of alkyl halides is 2. The Balaban J connectivity index is 1.98. The molecule has 0 radical (unpaired) electrons. The molecule has 0 atom stereocenters. The van der Waals surface area contributed by atoms with Gasteiger partial charge in [0.1, 0.15) is 0 Å². The zero-order valence-electron chi connectivity index (χ0n) is 10.7. The van der Waals surface area contributed by atoms with Gasteiger partial charge in [-0.1, -0.05) is 6.07 Å². The van der Waals surface area contributed by atoms with E-state index in [1.165, 1.54) is 18.2 Å². The third-order valence-corrected chi connectivity index (χ3v) is 3.46. The quantitative estimate of drug-likeness (QED) is 0.895. The maximum Gasteiger partial charge on any atom is 0.335 e. The zero-order chi connectivity index (χ0) is 14.8. The summed E-state index contributed by atoms with van der Waals surface area (Å²) in [6.45, 7) is 0. The number of halogens is 2. The lowest BCUT2D eigenvalue weighted by Crippen LogP contribution is -2.31. The molecule has 1 fully saturated rings. The Hall–Kier alpha value is -1.98. The Morgan fingerprint density at radius 3 is 2.50 bits per heavy atom. The van der Waals surface area contributed by atoms with Crippen LogP contribution in [0, 0.1) is 5.92 Å². The van der Waals surface area contributed by atoms with E-state index >= 15 is 0 Å². The summed E-state index contributed by atoms with van der Waals surface area (Å²) >= 11 is 0. The van der Waals surface area contributed by atoms with E-state index in [0.717, 1.165) is 0 Å². The van der Waals surface area contributed by atoms with E-state index in [4.69, 9.17) is 5.11 Å². The fourth-order valence-corrected chi connectivity index (χ4v) is 2.28. The first-order valence-electron chi connectivity index (χ1n) is 6.39. The minimum Gasteiger partial charge on any atom is -0.478 e. The molecule has 6 heteroatoms. The molecule has 1 saturated carbocycles. The number of amides is 1. The number of rotatable bonds is 3. The van der Waals surface area contributed by atoms with Crippen LogP contribution in [0.5, 0.6) is 0 Å². The Morgan fingerprint density at radius 1 is 1.25 bits per heavy atom. The molecule has 2 rings (SSSR count). The second kappa shape index (κ2) is 5.56. The molecule has 108 valence electrons. The first kappa shape index (κ1) is 14.4. The minimum atomic E-state index is -2.67. The van der Waals surface area contributed by atoms with Gasteiger partial charge in [0.15, 0.2) is 0 Å². The summed E-state index contributed by atoms with van der Waals surface area (Å²) in [5, 5.41) is 11.4. The van der Waals surface area contributed by atoms with Crippen LogP contribution in [0.3, 0.4) is 0 Å². The van der Waals surface area contributed by atoms with Crippen molar-refractivity contribution < 1.29 is 23.5 Å². The molecule has 1 aliphatic carbocycles. The van der Waals surface area contributed by atoms with Crippen molar-refractivity contribution in [1.82, 2.24) is 0 Å². The predicted molar refractivity (Wildman–Crippen MR) is 68.9 cm³/mol. The molecular weight excluding hydrogens is 268 g/mol. The SMILES string of the molecule is O=C(O)c1cccc(NC(=O)C2CCC(F)(F)CC2)c1. The van der Waals surface area contributed by atoms with Crippen LogP contribution >= 0.6 is 0 Å². The molecule has 0 heterocycles. The average Bonchev–Trinajstić information content (AvgIpc) is 2.38. The second-order valence-corrected chi connectivity index (χ2v) is 5.01. The summed E-state index contributed by atoms with van der Waals surface area (Å²) in [6, 6.07) is 5.85. The van der Waals surface area contributed by atoms with Crippen molar-refractivity contribution in [1.29, 1.82) is 0 Å². The van der Waals surface area contributed by atoms with Crippen molar-refractivity contribution in [2.75, 3.05) is 5.32 Å². The Kier molecular flexibility index (Phi) is 4.01. The summed E-state index contributed by atoms with van der Waals surface area (Å²) in [4.78, 5) is 22.8. The zero-order valence-corrected chi connectivity index (χ0v) is 10.7. The molecular formula is C14H15F2NO3. The largest absolute Gasteiger partial charge is 0.478 e. The van der Waals surface area contributed by atoms with Gasteiger partial charge >= 0.3 is 5.97 Å². The van der Waals surface area contributed by atoms with Gasteiger partial charge in [-0.25, -0.2) is 13.6 Å². The van der Waals surface area contributed by atoms with Gasteiger partial charge in [-0.2, -0.15) is 0 Å². The van der Waals surface area contributed by atoms with E-state index in [9.17, 15) is 18.4 Å². The fraction of sp³-hybridized carbons (Fsp3) is 0.429. The number of carboxylic acid groups (broad SMARTS) is 1. The summed E-state index contributed by atoms with van der Waals surface area (Å²) in [5.41, 5.74) is 0.435. The monoisotopic (exact) mass is 283 g/mol. The van der Waals surface area contributed by atoms with Crippen molar-refractivity contribution in [3.63, 3.8) is 0 Å². The lowest BCUT2D eigenvalue weighted by atomic mass is 9.86. The number of carbonyl (C=O) groups excluding carboxylic acids is 1. The molecule has 0 bridgehead atoms. The van der Waals surface area contributed by atoms with Crippen LogP contribution in [0.15, 0.2) is 24.3 Å². The summed E-state index contributed by atoms with van der Waals surface area (Å²) in [6.07, 6.45) is -0.255. The van der Waals surface area contributed by atoms with E-state index in [0.29, 0.717) is 5.69 Å². The number of carboxylic acids is 1. The molecule has 1 amide bonds. The number of aromatic carboxylic acids is 1. The molecule has 1 aliphatic rings. The first-order chi connectivity index (χ1) is 9.37. The van der Waals surface area contributed by atoms with Gasteiger partial charge < -0.3 is 10.4 Å². The Bertz CT molecular complexity index is 521. The van der Waals surface area contributed by atoms with Crippen LogP contribution in [-0.4, -0.2) is 22.9 Å². The van der Waals surface area contributed by atoms with Gasteiger partial charge in [-0.05, 0) is 31.0 Å². The lowest BCUT2D eigenvalue weighted by Gasteiger charge is -2.27. The van der Waals surface area contributed by atoms with Gasteiger partial charge in [0, 0.05) is 24.4 Å². The van der Waals surface area contributed by atoms with Gasteiger partial charge in [0.25, 0.3) is 0 Å². The van der Waals surface area contributed by atoms with Crippen LogP contribution in [0.1, 0.15) is 36.0 Å². The van der Waals surface area contributed by atoms with E-state index in [2.05, 4.69) is 5.32 Å². The normalized spacial score (nSPS) is 18.5. The first-order valence-corrected chi connectivity index (χ1v) is 6.39. The van der Waals surface area contributed by atoms with Crippen molar-refractivity contribution in [3.05, 3.63) is 29.8 Å². The number of anilines is 1. The lowest BCUT2D eigenvalue weighted by molar-refractivity contribution is -0.124. The van der Waals surface area contributed by atoms with Gasteiger partial charge in [-0.15, -0.1) is 0 Å². The summed E-state index contributed by atoms with van der Waals surface area (Å²) in [7, 11) is 0. The van der Waals surface area contributed by atoms with Crippen LogP contribution in [-0.2, 0) is 4.79 Å². The highest BCUT2D eigenvalue weighted by atomic mass is 19.3. The highest BCUT2D eigenvalue weighted by molar-refractivity contribution is 5.95. The van der Waals surface area contributed by atoms with Gasteiger partial charge in [-0.3, -0.25) is 4.79 Å². The van der Waals surface area contributed by atoms with E-state index in [1.54, 1.807) is 6.07 Å². The molecule has 0 unspecified atom stereocenters. The maximum atomic E-state index is 13.0. The number of hydrogen-bond acceptors (Lipinski definition) is 2. The van der Waals surface area contributed by atoms with E-state index in [1.807, 2.05) is 0 Å². The molecule has 0 aromatic heterocycles. The second-order valence-electron chi connectivity index (χ2n) is 5.01. The number of hydrogen-bond donors (Lipinski definition) is 2. The number of nitrogens with one attached hydrogen (secondary N) is 1. The predicted octanol–water partition coefficient (Wildman–Crippen LogP) is 3.15. The van der Waals surface area contributed by atoms with Gasteiger partial charge in [0.05, 0.1) is 5.56 Å². The average molecular weight is 283 g/mol. The molecule has 4 nitrogen and oxygen atoms in total. The van der Waals surface area contributed by atoms with Crippen molar-refractivity contribution in [2.24, 2.45) is 5.92 Å². The third kappa shape index (κ3) is 3.53. The molecule has 0 aliphatic heterocycles. The Labute approximate surface area is 114 Å². The summed E-state index contributed by atoms with van der Waals surface area (Å²) in [5.74, 6) is -4.52. The van der Waals surface area contributed by atoms with Crippen LogP contribution in [0.2, 0.25) is 0 Å². The Morgan fingerprint density at radius 2 is 1.90 bits per heavy atom.